The van der Waals surface area contributed by atoms with Crippen LogP contribution in [0.2, 0.25) is 0 Å². The van der Waals surface area contributed by atoms with Crippen LogP contribution in [0.4, 0.5) is 17.3 Å². The maximum Gasteiger partial charge on any atom is 0.182 e. The molecular weight excluding hydrogens is 238 g/mol. The number of hydrogen-bond acceptors (Lipinski definition) is 5. The van der Waals surface area contributed by atoms with Crippen LogP contribution in [0.3, 0.4) is 0 Å². The Hall–Kier alpha value is -2.61. The number of nitriles is 1. The molecule has 5 heteroatoms. The lowest BCUT2D eigenvalue weighted by molar-refractivity contribution is 0.922. The average Bonchev–Trinajstić information content (AvgIpc) is 2.42. The maximum atomic E-state index is 8.54. The van der Waals surface area contributed by atoms with Crippen molar-refractivity contribution in [1.29, 1.82) is 5.26 Å². The van der Waals surface area contributed by atoms with E-state index in [1.54, 1.807) is 6.07 Å². The Labute approximate surface area is 112 Å². The molecule has 1 aromatic carbocycles. The van der Waals surface area contributed by atoms with Gasteiger partial charge in [-0.15, -0.1) is 0 Å². The lowest BCUT2D eigenvalue weighted by Gasteiger charge is -2.07. The van der Waals surface area contributed by atoms with Gasteiger partial charge in [0.25, 0.3) is 0 Å². The van der Waals surface area contributed by atoms with Gasteiger partial charge in [-0.25, -0.2) is 9.97 Å². The zero-order valence-electron chi connectivity index (χ0n) is 10.7. The summed E-state index contributed by atoms with van der Waals surface area (Å²) in [6.07, 6.45) is 5.47. The third-order valence-corrected chi connectivity index (χ3v) is 2.62. The van der Waals surface area contributed by atoms with Gasteiger partial charge in [0, 0.05) is 11.8 Å². The van der Waals surface area contributed by atoms with Gasteiger partial charge in [0.2, 0.25) is 0 Å². The van der Waals surface area contributed by atoms with E-state index in [0.717, 1.165) is 18.5 Å². The SMILES string of the molecule is CCCc1ccc(Nc2cc(NC#N)ncn2)cc1. The molecule has 0 aliphatic heterocycles. The Balaban J connectivity index is 2.08. The van der Waals surface area contributed by atoms with Crippen LogP contribution in [0.15, 0.2) is 36.7 Å². The van der Waals surface area contributed by atoms with E-state index in [-0.39, 0.29) is 0 Å². The highest BCUT2D eigenvalue weighted by atomic mass is 15.1. The second-order valence-electron chi connectivity index (χ2n) is 4.10. The fourth-order valence-corrected chi connectivity index (χ4v) is 1.74. The summed E-state index contributed by atoms with van der Waals surface area (Å²) < 4.78 is 0. The van der Waals surface area contributed by atoms with E-state index >= 15 is 0 Å². The summed E-state index contributed by atoms with van der Waals surface area (Å²) in [4.78, 5) is 8.03. The standard InChI is InChI=1S/C14H15N5/c1-2-3-11-4-6-12(7-5-11)19-14-8-13(16-9-15)17-10-18-14/h4-8,10H,2-3H2,1H3,(H2,16,17,18,19). The highest BCUT2D eigenvalue weighted by Crippen LogP contribution is 2.17. The van der Waals surface area contributed by atoms with Crippen LogP contribution >= 0.6 is 0 Å². The second kappa shape index (κ2) is 6.36. The molecule has 1 aromatic heterocycles. The smallest absolute Gasteiger partial charge is 0.182 e. The van der Waals surface area contributed by atoms with Gasteiger partial charge in [-0.3, -0.25) is 5.32 Å². The van der Waals surface area contributed by atoms with E-state index in [2.05, 4.69) is 39.7 Å². The van der Waals surface area contributed by atoms with Crippen LogP contribution in [0.5, 0.6) is 0 Å². The molecule has 2 rings (SSSR count). The highest BCUT2D eigenvalue weighted by molar-refractivity contribution is 5.59. The number of hydrogen-bond donors (Lipinski definition) is 2. The summed E-state index contributed by atoms with van der Waals surface area (Å²) in [5, 5.41) is 14.2. The molecule has 0 radical (unpaired) electrons. The minimum Gasteiger partial charge on any atom is -0.340 e. The fourth-order valence-electron chi connectivity index (χ4n) is 1.74. The molecule has 0 unspecified atom stereocenters. The third-order valence-electron chi connectivity index (χ3n) is 2.62. The zero-order valence-corrected chi connectivity index (χ0v) is 10.7. The van der Waals surface area contributed by atoms with Crippen LogP contribution in [-0.4, -0.2) is 9.97 Å². The van der Waals surface area contributed by atoms with Crippen LogP contribution in [-0.2, 0) is 6.42 Å². The molecule has 0 saturated carbocycles. The molecule has 19 heavy (non-hydrogen) atoms. The number of nitrogens with zero attached hydrogens (tertiary/aromatic N) is 3. The Morgan fingerprint density at radius 2 is 1.89 bits per heavy atom. The molecule has 0 fully saturated rings. The van der Waals surface area contributed by atoms with Gasteiger partial charge in [-0.05, 0) is 24.1 Å². The number of aromatic nitrogens is 2. The van der Waals surface area contributed by atoms with Crippen LogP contribution < -0.4 is 10.6 Å². The summed E-state index contributed by atoms with van der Waals surface area (Å²) in [6, 6.07) is 9.92. The first kappa shape index (κ1) is 12.8. The van der Waals surface area contributed by atoms with Gasteiger partial charge in [0.15, 0.2) is 6.19 Å². The Bertz CT molecular complexity index is 571. The van der Waals surface area contributed by atoms with E-state index in [9.17, 15) is 0 Å². The first-order chi connectivity index (χ1) is 9.31. The highest BCUT2D eigenvalue weighted by Gasteiger charge is 1.99. The summed E-state index contributed by atoms with van der Waals surface area (Å²) >= 11 is 0. The average molecular weight is 253 g/mol. The van der Waals surface area contributed by atoms with E-state index in [4.69, 9.17) is 5.26 Å². The molecule has 96 valence electrons. The number of rotatable bonds is 5. The molecule has 0 spiro atoms. The normalized spacial score (nSPS) is 9.68. The van der Waals surface area contributed by atoms with Crippen molar-refractivity contribution in [3.63, 3.8) is 0 Å². The van der Waals surface area contributed by atoms with Crippen molar-refractivity contribution in [2.45, 2.75) is 19.8 Å². The lowest BCUT2D eigenvalue weighted by Crippen LogP contribution is -1.97. The van der Waals surface area contributed by atoms with Crippen molar-refractivity contribution in [2.75, 3.05) is 10.6 Å². The van der Waals surface area contributed by atoms with Gasteiger partial charge in [-0.1, -0.05) is 25.5 Å². The molecule has 2 aromatic rings. The second-order valence-corrected chi connectivity index (χ2v) is 4.10. The van der Waals surface area contributed by atoms with Crippen molar-refractivity contribution in [3.8, 4) is 6.19 Å². The van der Waals surface area contributed by atoms with Crippen molar-refractivity contribution in [3.05, 3.63) is 42.2 Å². The predicted octanol–water partition coefficient (Wildman–Crippen LogP) is 3.07. The minimum atomic E-state index is 0.475. The fraction of sp³-hybridized carbons (Fsp3) is 0.214. The topological polar surface area (TPSA) is 73.6 Å². The minimum absolute atomic E-state index is 0.475. The van der Waals surface area contributed by atoms with Gasteiger partial charge >= 0.3 is 0 Å². The number of nitrogens with one attached hydrogen (secondary N) is 2. The van der Waals surface area contributed by atoms with Crippen molar-refractivity contribution in [1.82, 2.24) is 9.97 Å². The molecule has 0 amide bonds. The van der Waals surface area contributed by atoms with E-state index in [1.807, 2.05) is 18.3 Å². The third kappa shape index (κ3) is 3.68. The number of benzene rings is 1. The Kier molecular flexibility index (Phi) is 4.29. The van der Waals surface area contributed by atoms with Crippen molar-refractivity contribution in [2.24, 2.45) is 0 Å². The summed E-state index contributed by atoms with van der Waals surface area (Å²) in [6.45, 7) is 2.16. The lowest BCUT2D eigenvalue weighted by atomic mass is 10.1. The zero-order chi connectivity index (χ0) is 13.5. The monoisotopic (exact) mass is 253 g/mol. The van der Waals surface area contributed by atoms with E-state index in [0.29, 0.717) is 11.6 Å². The van der Waals surface area contributed by atoms with Crippen LogP contribution in [0.1, 0.15) is 18.9 Å². The molecule has 0 saturated heterocycles. The number of aryl methyl sites for hydroxylation is 1. The molecule has 1 heterocycles. The molecule has 0 atom stereocenters. The van der Waals surface area contributed by atoms with Gasteiger partial charge < -0.3 is 5.32 Å². The van der Waals surface area contributed by atoms with E-state index in [1.165, 1.54) is 11.9 Å². The van der Waals surface area contributed by atoms with Gasteiger partial charge in [0.05, 0.1) is 0 Å². The predicted molar refractivity (Wildman–Crippen MR) is 75.0 cm³/mol. The Morgan fingerprint density at radius 3 is 2.58 bits per heavy atom. The molecule has 2 N–H and O–H groups in total. The maximum absolute atomic E-state index is 8.54. The molecule has 0 aliphatic carbocycles. The van der Waals surface area contributed by atoms with Crippen molar-refractivity contribution >= 4 is 17.3 Å². The first-order valence-electron chi connectivity index (χ1n) is 6.15. The molecule has 0 aliphatic rings. The molecule has 0 bridgehead atoms. The first-order valence-corrected chi connectivity index (χ1v) is 6.15. The van der Waals surface area contributed by atoms with Gasteiger partial charge in [-0.2, -0.15) is 5.26 Å². The summed E-state index contributed by atoms with van der Waals surface area (Å²) in [7, 11) is 0. The summed E-state index contributed by atoms with van der Waals surface area (Å²) in [5.41, 5.74) is 2.28. The number of anilines is 3. The quantitative estimate of drug-likeness (QED) is 0.632. The molecule has 5 nitrogen and oxygen atoms in total. The van der Waals surface area contributed by atoms with Crippen LogP contribution in [0, 0.1) is 11.5 Å². The largest absolute Gasteiger partial charge is 0.340 e. The Morgan fingerprint density at radius 1 is 1.16 bits per heavy atom. The molecular formula is C14H15N5. The van der Waals surface area contributed by atoms with Crippen LogP contribution in [0.25, 0.3) is 0 Å². The van der Waals surface area contributed by atoms with Gasteiger partial charge in [0.1, 0.15) is 18.0 Å². The summed E-state index contributed by atoms with van der Waals surface area (Å²) in [5.74, 6) is 1.12. The van der Waals surface area contributed by atoms with Crippen molar-refractivity contribution < 1.29 is 0 Å². The van der Waals surface area contributed by atoms with E-state index < -0.39 is 0 Å².